The summed E-state index contributed by atoms with van der Waals surface area (Å²) in [6.45, 7) is 11.9. The van der Waals surface area contributed by atoms with E-state index in [1.807, 2.05) is 0 Å². The zero-order chi connectivity index (χ0) is 24.9. The second kappa shape index (κ2) is 28.4. The molecule has 1 aliphatic heterocycles. The third-order valence-electron chi connectivity index (χ3n) is 7.47. The molecular weight excluding hydrogens is 430 g/mol. The summed E-state index contributed by atoms with van der Waals surface area (Å²) in [5.74, 6) is 0. The molecule has 1 fully saturated rings. The first kappa shape index (κ1) is 32.8. The Kier molecular flexibility index (Phi) is 26.6. The van der Waals surface area contributed by atoms with Crippen LogP contribution in [0.15, 0.2) is 0 Å². The summed E-state index contributed by atoms with van der Waals surface area (Å²) in [7, 11) is 0. The van der Waals surface area contributed by atoms with Gasteiger partial charge in [-0.1, -0.05) is 122 Å². The molecular formula is C30H65N5. The van der Waals surface area contributed by atoms with E-state index in [1.165, 1.54) is 122 Å². The van der Waals surface area contributed by atoms with E-state index in [0.29, 0.717) is 6.04 Å². The van der Waals surface area contributed by atoms with Gasteiger partial charge in [0.2, 0.25) is 0 Å². The summed E-state index contributed by atoms with van der Waals surface area (Å²) in [5, 5.41) is 17.9. The van der Waals surface area contributed by atoms with Crippen LogP contribution in [0.4, 0.5) is 0 Å². The summed E-state index contributed by atoms with van der Waals surface area (Å²) in [6, 6.07) is 0.612. The molecule has 35 heavy (non-hydrogen) atoms. The minimum atomic E-state index is 0.612. The van der Waals surface area contributed by atoms with Crippen molar-refractivity contribution < 1.29 is 0 Å². The quantitative estimate of drug-likeness (QED) is 0.148. The first-order chi connectivity index (χ1) is 17.4. The van der Waals surface area contributed by atoms with Crippen molar-refractivity contribution in [3.8, 4) is 0 Å². The van der Waals surface area contributed by atoms with Gasteiger partial charge in [-0.05, 0) is 6.42 Å². The largest absolute Gasteiger partial charge is 0.314 e. The average molecular weight is 496 g/mol. The summed E-state index contributed by atoms with van der Waals surface area (Å²) in [4.78, 5) is 0. The van der Waals surface area contributed by atoms with Gasteiger partial charge >= 0.3 is 0 Å². The molecule has 1 atom stereocenters. The lowest BCUT2D eigenvalue weighted by Gasteiger charge is -2.20. The monoisotopic (exact) mass is 496 g/mol. The summed E-state index contributed by atoms with van der Waals surface area (Å²) < 4.78 is 0. The number of hydrogen-bond acceptors (Lipinski definition) is 5. The molecule has 0 aliphatic carbocycles. The van der Waals surface area contributed by atoms with Crippen LogP contribution in [0.5, 0.6) is 0 Å². The van der Waals surface area contributed by atoms with Crippen molar-refractivity contribution in [1.29, 1.82) is 0 Å². The predicted octanol–water partition coefficient (Wildman–Crippen LogP) is 5.75. The van der Waals surface area contributed by atoms with E-state index in [1.54, 1.807) is 0 Å². The maximum Gasteiger partial charge on any atom is 0.0193 e. The third-order valence-corrected chi connectivity index (χ3v) is 7.47. The lowest BCUT2D eigenvalue weighted by Crippen LogP contribution is -2.43. The zero-order valence-electron chi connectivity index (χ0n) is 23.9. The van der Waals surface area contributed by atoms with Crippen LogP contribution >= 0.6 is 0 Å². The van der Waals surface area contributed by atoms with Crippen molar-refractivity contribution in [2.24, 2.45) is 0 Å². The standard InChI is InChI=1S/C30H65N5/c1-2-3-4-5-6-7-8-9-10-11-12-13-14-15-16-17-18-19-20-30-29-34-26-25-32-22-21-31-23-24-33-27-28-35-30/h30-35H,2-29H2,1H3. The Bertz CT molecular complexity index is 377. The first-order valence-corrected chi connectivity index (χ1v) is 16.0. The molecule has 1 aliphatic rings. The van der Waals surface area contributed by atoms with Crippen molar-refractivity contribution in [3.63, 3.8) is 0 Å². The molecule has 1 rings (SSSR count). The fourth-order valence-electron chi connectivity index (χ4n) is 5.11. The number of nitrogens with one attached hydrogen (secondary N) is 5. The molecule has 210 valence electrons. The van der Waals surface area contributed by atoms with Crippen LogP contribution in [0, 0.1) is 0 Å². The fraction of sp³-hybridized carbons (Fsp3) is 1.00. The highest BCUT2D eigenvalue weighted by atomic mass is 15.0. The maximum absolute atomic E-state index is 3.78. The van der Waals surface area contributed by atoms with Crippen molar-refractivity contribution in [3.05, 3.63) is 0 Å². The van der Waals surface area contributed by atoms with Gasteiger partial charge in [0, 0.05) is 64.9 Å². The highest BCUT2D eigenvalue weighted by Gasteiger charge is 2.07. The van der Waals surface area contributed by atoms with Gasteiger partial charge in [-0.3, -0.25) is 0 Å². The predicted molar refractivity (Wildman–Crippen MR) is 157 cm³/mol. The van der Waals surface area contributed by atoms with Gasteiger partial charge < -0.3 is 26.6 Å². The molecule has 0 aromatic carbocycles. The van der Waals surface area contributed by atoms with E-state index < -0.39 is 0 Å². The molecule has 1 heterocycles. The maximum atomic E-state index is 3.78. The average Bonchev–Trinajstić information content (AvgIpc) is 2.88. The Morgan fingerprint density at radius 2 is 0.743 bits per heavy atom. The van der Waals surface area contributed by atoms with Gasteiger partial charge in [-0.25, -0.2) is 0 Å². The topological polar surface area (TPSA) is 60.1 Å². The number of hydrogen-bond donors (Lipinski definition) is 5. The molecule has 0 amide bonds. The lowest BCUT2D eigenvalue weighted by molar-refractivity contribution is 0.424. The van der Waals surface area contributed by atoms with Crippen molar-refractivity contribution in [2.45, 2.75) is 135 Å². The Morgan fingerprint density at radius 1 is 0.400 bits per heavy atom. The van der Waals surface area contributed by atoms with E-state index in [4.69, 9.17) is 0 Å². The molecule has 1 unspecified atom stereocenters. The molecule has 5 heteroatoms. The summed E-state index contributed by atoms with van der Waals surface area (Å²) in [6.07, 6.45) is 27.4. The molecule has 5 nitrogen and oxygen atoms in total. The number of rotatable bonds is 19. The molecule has 0 spiro atoms. The fourth-order valence-corrected chi connectivity index (χ4v) is 5.11. The van der Waals surface area contributed by atoms with Crippen LogP contribution in [0.1, 0.15) is 129 Å². The Hall–Kier alpha value is -0.200. The molecule has 0 radical (unpaired) electrons. The minimum absolute atomic E-state index is 0.612. The molecule has 0 bridgehead atoms. The number of unbranched alkanes of at least 4 members (excludes halogenated alkanes) is 17. The molecule has 5 N–H and O–H groups in total. The highest BCUT2D eigenvalue weighted by Crippen LogP contribution is 2.14. The molecule has 0 saturated carbocycles. The Labute approximate surface area is 220 Å². The third kappa shape index (κ3) is 25.2. The van der Waals surface area contributed by atoms with Crippen LogP contribution in [0.3, 0.4) is 0 Å². The lowest BCUT2D eigenvalue weighted by atomic mass is 10.0. The SMILES string of the molecule is CCCCCCCCCCCCCCCCCCCCC1CNCCNCCNCCNCCN1. The van der Waals surface area contributed by atoms with Crippen LogP contribution in [-0.4, -0.2) is 64.9 Å². The van der Waals surface area contributed by atoms with Crippen LogP contribution in [0.25, 0.3) is 0 Å². The minimum Gasteiger partial charge on any atom is -0.314 e. The summed E-state index contributed by atoms with van der Waals surface area (Å²) in [5.41, 5.74) is 0. The van der Waals surface area contributed by atoms with Crippen molar-refractivity contribution in [2.75, 3.05) is 58.9 Å². The Balaban J connectivity index is 1.87. The normalized spacial score (nSPS) is 19.3. The van der Waals surface area contributed by atoms with Crippen LogP contribution in [-0.2, 0) is 0 Å². The van der Waals surface area contributed by atoms with Gasteiger partial charge in [-0.15, -0.1) is 0 Å². The van der Waals surface area contributed by atoms with Gasteiger partial charge in [-0.2, -0.15) is 0 Å². The van der Waals surface area contributed by atoms with E-state index in [2.05, 4.69) is 33.5 Å². The van der Waals surface area contributed by atoms with E-state index in [9.17, 15) is 0 Å². The van der Waals surface area contributed by atoms with Gasteiger partial charge in [0.05, 0.1) is 0 Å². The zero-order valence-corrected chi connectivity index (χ0v) is 23.9. The van der Waals surface area contributed by atoms with E-state index >= 15 is 0 Å². The first-order valence-electron chi connectivity index (χ1n) is 16.0. The smallest absolute Gasteiger partial charge is 0.0193 e. The Morgan fingerprint density at radius 3 is 1.17 bits per heavy atom. The molecule has 1 saturated heterocycles. The van der Waals surface area contributed by atoms with Gasteiger partial charge in [0.25, 0.3) is 0 Å². The van der Waals surface area contributed by atoms with Crippen LogP contribution in [0.2, 0.25) is 0 Å². The molecule has 0 aromatic heterocycles. The van der Waals surface area contributed by atoms with Crippen LogP contribution < -0.4 is 26.6 Å². The highest BCUT2D eigenvalue weighted by molar-refractivity contribution is 4.71. The van der Waals surface area contributed by atoms with Crippen molar-refractivity contribution >= 4 is 0 Å². The van der Waals surface area contributed by atoms with Crippen molar-refractivity contribution in [1.82, 2.24) is 26.6 Å². The molecule has 0 aromatic rings. The second-order valence-electron chi connectivity index (χ2n) is 10.9. The van der Waals surface area contributed by atoms with E-state index in [-0.39, 0.29) is 0 Å². The van der Waals surface area contributed by atoms with Gasteiger partial charge in [0.15, 0.2) is 0 Å². The summed E-state index contributed by atoms with van der Waals surface area (Å²) >= 11 is 0. The van der Waals surface area contributed by atoms with E-state index in [0.717, 1.165) is 58.9 Å². The van der Waals surface area contributed by atoms with Gasteiger partial charge in [0.1, 0.15) is 0 Å². The second-order valence-corrected chi connectivity index (χ2v) is 10.9.